The summed E-state index contributed by atoms with van der Waals surface area (Å²) >= 11 is 5.56. The number of quaternary nitrogens is 1. The van der Waals surface area contributed by atoms with Gasteiger partial charge in [0.2, 0.25) is 5.24 Å². The number of fused-ring (bicyclic) bond motifs is 10. The number of esters is 3. The van der Waals surface area contributed by atoms with E-state index in [-0.39, 0.29) is 166 Å². The van der Waals surface area contributed by atoms with E-state index in [1.165, 1.54) is 19.6 Å². The molecule has 0 spiro atoms. The Morgan fingerprint density at radius 3 is 1.29 bits per heavy atom. The van der Waals surface area contributed by atoms with Crippen molar-refractivity contribution in [2.45, 2.75) is 178 Å². The normalized spacial score (nSPS) is 33.9. The molecule has 0 aromatic heterocycles. The van der Waals surface area contributed by atoms with E-state index in [2.05, 4.69) is 57.9 Å². The molecule has 0 saturated heterocycles. The van der Waals surface area contributed by atoms with Gasteiger partial charge in [-0.15, -0.1) is 0 Å². The van der Waals surface area contributed by atoms with Gasteiger partial charge in [-0.3, -0.25) is 47.9 Å². The third kappa shape index (κ3) is 18.5. The van der Waals surface area contributed by atoms with Crippen LogP contribution < -0.4 is 34.5 Å². The number of aliphatic hydroxyl groups is 1. The van der Waals surface area contributed by atoms with Crippen molar-refractivity contribution in [2.75, 3.05) is 57.6 Å². The molecule has 0 amide bonds. The maximum atomic E-state index is 13.8. The second-order valence-electron chi connectivity index (χ2n) is 26.9. The molecule has 0 bridgehead atoms. The summed E-state index contributed by atoms with van der Waals surface area (Å²) in [6.07, 6.45) is 10.6. The van der Waals surface area contributed by atoms with Crippen molar-refractivity contribution in [3.63, 3.8) is 0 Å². The SMILES string of the molecule is CC[NH+](CC)CC.C[C@H](CCC(=O)Cl)[C@H]1CCC2C3C(=O)CC4CC(=O)CC[C@]4(C)C3CC(=O)[C@@]21C.C[C@H](CCC(=O)OCCOC(=O)CS(=O)(=O)[O-])[C@H]1CCC2C3C(=O)CC4CC(=O)CC[C@]4(C)C3CC(=O)[C@@]21C.O=C(CS(=O)(=O)[O-])OCCO.[Na+]. The van der Waals surface area contributed by atoms with Crippen molar-refractivity contribution < 1.29 is 128 Å². The standard InChI is InChI=1S/C28H40O10S.C24H33ClO4.C6H15N.C4H8O6S.Na/c1-16(4-7-24(32)37-10-11-38-25(33)15-39(34,35)36)19-5-6-20-26-21(14-23(31)28(19,20)3)27(2)9-8-18(29)12-17(27)13-22(26)30;1-13(4-7-21(25)29)16-5-6-17-22-18(12-20(28)24(16,17)3)23(2)9-8-15(26)10-14(23)11-19(22)27;1-4-7(5-2)6-3;5-1-2-10-4(6)3-11(7,8)9;/h16-17,19-21,26H,4-15H2,1-3H3,(H,34,35,36);13-14,16-18,22H,4-12H2,1-3H3;4-6H2,1-3H3;5H,1-3H2,(H,7,8,9);/q;;;;+1/p-1/t16-,17?,19-,20?,21?,26?,27+,28-;13-,14?,16-,17?,18?,22?,23+,24-;;;/m11.../s1. The van der Waals surface area contributed by atoms with Gasteiger partial charge in [-0.25, -0.2) is 16.8 Å². The van der Waals surface area contributed by atoms with Gasteiger partial charge in [0, 0.05) is 86.9 Å². The van der Waals surface area contributed by atoms with E-state index in [9.17, 15) is 73.9 Å². The number of hydrogen-bond donors (Lipinski definition) is 2. The van der Waals surface area contributed by atoms with E-state index in [0.717, 1.165) is 38.5 Å². The molecule has 0 aromatic carbocycles. The molecule has 8 aliphatic rings. The number of ketones is 6. The number of nitrogens with one attached hydrogen (secondary N) is 1. The van der Waals surface area contributed by atoms with Gasteiger partial charge in [0.05, 0.1) is 26.2 Å². The Balaban J connectivity index is 0.000000294. The zero-order chi connectivity index (χ0) is 64.5. The number of ether oxygens (including phenoxy) is 3. The summed E-state index contributed by atoms with van der Waals surface area (Å²) in [6.45, 7) is 21.9. The second kappa shape index (κ2) is 32.1. The van der Waals surface area contributed by atoms with E-state index in [1.54, 1.807) is 4.90 Å². The van der Waals surface area contributed by atoms with E-state index >= 15 is 0 Å². The molecule has 8 unspecified atom stereocenters. The van der Waals surface area contributed by atoms with Crippen molar-refractivity contribution in [3.8, 4) is 0 Å². The summed E-state index contributed by atoms with van der Waals surface area (Å²) in [7, 11) is -9.29. The third-order valence-electron chi connectivity index (χ3n) is 22.5. The first-order chi connectivity index (χ1) is 40.0. The quantitative estimate of drug-likeness (QED) is 0.0441. The number of hydrogen-bond acceptors (Lipinski definition) is 20. The van der Waals surface area contributed by atoms with Gasteiger partial charge >= 0.3 is 47.5 Å². The van der Waals surface area contributed by atoms with Gasteiger partial charge in [0.25, 0.3) is 0 Å². The first-order valence-electron chi connectivity index (χ1n) is 31.2. The maximum absolute atomic E-state index is 13.8. The van der Waals surface area contributed by atoms with Crippen LogP contribution in [0.1, 0.15) is 178 Å². The molecule has 8 saturated carbocycles. The summed E-state index contributed by atoms with van der Waals surface area (Å²) in [5, 5.41) is 7.79. The van der Waals surface area contributed by atoms with Gasteiger partial charge in [0.1, 0.15) is 86.3 Å². The van der Waals surface area contributed by atoms with E-state index in [4.69, 9.17) is 21.4 Å². The van der Waals surface area contributed by atoms with Gasteiger partial charge in [0.15, 0.2) is 0 Å². The van der Waals surface area contributed by atoms with Gasteiger partial charge in [-0.1, -0.05) is 41.5 Å². The monoisotopic (exact) mass is 1300 g/mol. The third-order valence-corrected chi connectivity index (χ3v) is 23.8. The molecule has 0 aromatic rings. The van der Waals surface area contributed by atoms with Gasteiger partial charge in [-0.2, -0.15) is 0 Å². The van der Waals surface area contributed by atoms with Crippen LogP contribution in [0.15, 0.2) is 0 Å². The Hall–Kier alpha value is -2.87. The van der Waals surface area contributed by atoms with Crippen LogP contribution in [-0.2, 0) is 82.4 Å². The molecule has 16 atom stereocenters. The molecule has 25 heteroatoms. The maximum Gasteiger partial charge on any atom is 1.00 e. The topological polar surface area (TPSA) is 337 Å². The molecule has 0 radical (unpaired) electrons. The van der Waals surface area contributed by atoms with Crippen LogP contribution in [-0.4, -0.2) is 146 Å². The van der Waals surface area contributed by atoms with Crippen LogP contribution >= 0.6 is 11.6 Å². The van der Waals surface area contributed by atoms with Crippen LogP contribution in [0.25, 0.3) is 0 Å². The summed E-state index contributed by atoms with van der Waals surface area (Å²) in [4.78, 5) is 125. The number of rotatable bonds is 20. The van der Waals surface area contributed by atoms with Crippen LogP contribution in [0.3, 0.4) is 0 Å². The molecule has 21 nitrogen and oxygen atoms in total. The first kappa shape index (κ1) is 76.6. The van der Waals surface area contributed by atoms with Crippen molar-refractivity contribution in [2.24, 2.45) is 92.7 Å². The predicted octanol–water partition coefficient (Wildman–Crippen LogP) is 2.38. The molecule has 8 rings (SSSR count). The van der Waals surface area contributed by atoms with Gasteiger partial charge in [-0.05, 0) is 154 Å². The van der Waals surface area contributed by atoms with Crippen LogP contribution in [0.2, 0.25) is 0 Å². The largest absolute Gasteiger partial charge is 1.00 e. The summed E-state index contributed by atoms with van der Waals surface area (Å²) in [5.41, 5.74) is -1.32. The van der Waals surface area contributed by atoms with Crippen LogP contribution in [0, 0.1) is 92.7 Å². The number of halogens is 1. The minimum atomic E-state index is -4.73. The Kier molecular flexibility index (Phi) is 28.3. The first-order valence-corrected chi connectivity index (χ1v) is 34.7. The minimum Gasteiger partial charge on any atom is -0.748 e. The molecule has 8 fully saturated rings. The number of carbonyl (C=O) groups is 10. The zero-order valence-corrected chi connectivity index (χ0v) is 57.3. The summed E-state index contributed by atoms with van der Waals surface area (Å²) < 4.78 is 75.0. The molecule has 2 N–H and O–H groups in total. The van der Waals surface area contributed by atoms with Crippen LogP contribution in [0.5, 0.6) is 0 Å². The van der Waals surface area contributed by atoms with E-state index < -0.39 is 67.1 Å². The molecule has 87 heavy (non-hydrogen) atoms. The van der Waals surface area contributed by atoms with Crippen molar-refractivity contribution in [1.29, 1.82) is 0 Å². The summed E-state index contributed by atoms with van der Waals surface area (Å²) in [5.74, 6) is -3.12. The fourth-order valence-corrected chi connectivity index (χ4v) is 18.4. The second-order valence-corrected chi connectivity index (χ2v) is 30.1. The molecule has 488 valence electrons. The Labute approximate surface area is 541 Å². The Morgan fingerprint density at radius 2 is 0.943 bits per heavy atom. The number of Topliss-reactive ketones (excluding diaryl/α,β-unsaturated/α-hetero) is 6. The van der Waals surface area contributed by atoms with Gasteiger partial charge < -0.3 is 33.3 Å². The number of carbonyl (C=O) groups excluding carboxylic acids is 10. The minimum absolute atomic E-state index is 0. The fourth-order valence-electron chi connectivity index (χ4n) is 17.5. The van der Waals surface area contributed by atoms with Crippen molar-refractivity contribution in [3.05, 3.63) is 0 Å². The molecule has 8 aliphatic carbocycles. The number of aliphatic hydroxyl groups excluding tert-OH is 1. The predicted molar refractivity (Wildman–Crippen MR) is 311 cm³/mol. The molecule has 0 heterocycles. The zero-order valence-electron chi connectivity index (χ0n) is 52.9. The van der Waals surface area contributed by atoms with Crippen molar-refractivity contribution in [1.82, 2.24) is 0 Å². The Bertz CT molecular complexity index is 2750. The summed E-state index contributed by atoms with van der Waals surface area (Å²) in [6, 6.07) is 0. The fraction of sp³-hybridized carbons (Fsp3) is 0.839. The smallest absolute Gasteiger partial charge is 0.748 e. The van der Waals surface area contributed by atoms with E-state index in [1.807, 2.05) is 13.8 Å². The van der Waals surface area contributed by atoms with E-state index in [0.29, 0.717) is 82.2 Å². The average Bonchev–Trinajstić information content (AvgIpc) is 1.70. The Morgan fingerprint density at radius 1 is 0.575 bits per heavy atom. The molecule has 0 aliphatic heterocycles. The average molecular weight is 1300 g/mol. The molecular formula is C62H95ClNNaO20S2. The van der Waals surface area contributed by atoms with Crippen molar-refractivity contribution >= 4 is 89.7 Å². The van der Waals surface area contributed by atoms with Crippen LogP contribution in [0.4, 0.5) is 0 Å². The molecular weight excluding hydrogens is 1200 g/mol.